The molecule has 0 bridgehead atoms. The summed E-state index contributed by atoms with van der Waals surface area (Å²) in [7, 11) is -3.68. The smallest absolute Gasteiger partial charge is 0.326 e. The molecule has 1 atom stereocenters. The van der Waals surface area contributed by atoms with Gasteiger partial charge in [0.25, 0.3) is 5.91 Å². The van der Waals surface area contributed by atoms with Gasteiger partial charge in [0.1, 0.15) is 6.04 Å². The van der Waals surface area contributed by atoms with E-state index in [0.717, 1.165) is 12.8 Å². The van der Waals surface area contributed by atoms with Crippen LogP contribution in [0.1, 0.15) is 42.1 Å². The Labute approximate surface area is 141 Å². The molecule has 2 rings (SSSR count). The van der Waals surface area contributed by atoms with Crippen LogP contribution in [0.15, 0.2) is 23.1 Å². The molecule has 24 heavy (non-hydrogen) atoms. The molecule has 1 heterocycles. The van der Waals surface area contributed by atoms with Gasteiger partial charge in [-0.1, -0.05) is 13.0 Å². The van der Waals surface area contributed by atoms with Crippen molar-refractivity contribution in [1.29, 1.82) is 0 Å². The number of benzene rings is 1. The van der Waals surface area contributed by atoms with E-state index < -0.39 is 27.9 Å². The average Bonchev–Trinajstić information content (AvgIpc) is 2.54. The molecule has 1 amide bonds. The molecular weight excluding hydrogens is 332 g/mol. The number of sulfonamides is 1. The highest BCUT2D eigenvalue weighted by Gasteiger charge is 2.33. The van der Waals surface area contributed by atoms with Crippen LogP contribution in [0.3, 0.4) is 0 Å². The first-order chi connectivity index (χ1) is 11.3. The van der Waals surface area contributed by atoms with E-state index in [1.807, 2.05) is 0 Å². The Balaban J connectivity index is 2.40. The summed E-state index contributed by atoms with van der Waals surface area (Å²) in [4.78, 5) is 25.6. The van der Waals surface area contributed by atoms with Gasteiger partial charge in [-0.3, -0.25) is 4.79 Å². The second-order valence-corrected chi connectivity index (χ2v) is 7.59. The molecule has 1 aliphatic heterocycles. The number of hydrogen-bond donors (Lipinski definition) is 2. The van der Waals surface area contributed by atoms with E-state index in [-0.39, 0.29) is 17.0 Å². The molecule has 0 saturated carbocycles. The topological polar surface area (TPSA) is 104 Å². The average molecular weight is 354 g/mol. The molecule has 0 radical (unpaired) electrons. The normalized spacial score (nSPS) is 18.4. The molecule has 1 aliphatic rings. The third kappa shape index (κ3) is 3.76. The minimum atomic E-state index is -3.68. The first-order valence-electron chi connectivity index (χ1n) is 7.92. The van der Waals surface area contributed by atoms with E-state index in [9.17, 15) is 23.1 Å². The van der Waals surface area contributed by atoms with Crippen molar-refractivity contribution in [3.05, 3.63) is 29.3 Å². The Bertz CT molecular complexity index is 745. The van der Waals surface area contributed by atoms with Crippen LogP contribution in [0.4, 0.5) is 0 Å². The molecule has 1 aromatic carbocycles. The zero-order valence-electron chi connectivity index (χ0n) is 13.8. The van der Waals surface area contributed by atoms with Crippen molar-refractivity contribution in [2.75, 3.05) is 13.1 Å². The van der Waals surface area contributed by atoms with Crippen LogP contribution in [-0.2, 0) is 14.8 Å². The van der Waals surface area contributed by atoms with Crippen molar-refractivity contribution in [3.63, 3.8) is 0 Å². The third-order valence-corrected chi connectivity index (χ3v) is 5.68. The number of carbonyl (C=O) groups is 2. The van der Waals surface area contributed by atoms with Gasteiger partial charge in [-0.05, 0) is 43.9 Å². The molecule has 1 aromatic rings. The summed E-state index contributed by atoms with van der Waals surface area (Å²) < 4.78 is 26.7. The minimum Gasteiger partial charge on any atom is -0.480 e. The lowest BCUT2D eigenvalue weighted by molar-refractivity contribution is -0.143. The number of piperidine rings is 1. The van der Waals surface area contributed by atoms with Gasteiger partial charge in [0.15, 0.2) is 0 Å². The lowest BCUT2D eigenvalue weighted by Crippen LogP contribution is -2.48. The summed E-state index contributed by atoms with van der Waals surface area (Å²) in [5.74, 6) is -1.47. The number of amides is 1. The Hall–Kier alpha value is -1.93. The van der Waals surface area contributed by atoms with Crippen molar-refractivity contribution in [1.82, 2.24) is 9.62 Å². The molecule has 1 saturated heterocycles. The van der Waals surface area contributed by atoms with Gasteiger partial charge < -0.3 is 10.0 Å². The van der Waals surface area contributed by atoms with Crippen LogP contribution in [0.5, 0.6) is 0 Å². The van der Waals surface area contributed by atoms with Gasteiger partial charge in [0, 0.05) is 18.7 Å². The van der Waals surface area contributed by atoms with Crippen LogP contribution in [0.25, 0.3) is 0 Å². The predicted octanol–water partition coefficient (Wildman–Crippen LogP) is 1.37. The summed E-state index contributed by atoms with van der Waals surface area (Å²) in [5, 5.41) is 9.33. The van der Waals surface area contributed by atoms with E-state index in [1.54, 1.807) is 19.9 Å². The fraction of sp³-hybridized carbons (Fsp3) is 0.500. The number of rotatable bonds is 5. The number of carbonyl (C=O) groups excluding carboxylic acids is 1. The molecule has 132 valence electrons. The van der Waals surface area contributed by atoms with Gasteiger partial charge >= 0.3 is 5.97 Å². The quantitative estimate of drug-likeness (QED) is 0.831. The highest BCUT2D eigenvalue weighted by atomic mass is 32.2. The number of carboxylic acid groups (broad SMARTS) is 1. The molecule has 7 nitrogen and oxygen atoms in total. The molecule has 8 heteroatoms. The number of carboxylic acids is 1. The Morgan fingerprint density at radius 1 is 1.33 bits per heavy atom. The monoisotopic (exact) mass is 354 g/mol. The second kappa shape index (κ2) is 7.31. The fourth-order valence-electron chi connectivity index (χ4n) is 2.86. The zero-order chi connectivity index (χ0) is 17.9. The maximum atomic E-state index is 12.8. The first kappa shape index (κ1) is 18.4. The van der Waals surface area contributed by atoms with Crippen molar-refractivity contribution in [3.8, 4) is 0 Å². The molecule has 2 N–H and O–H groups in total. The number of nitrogens with zero attached hydrogens (tertiary/aromatic N) is 1. The molecule has 1 unspecified atom stereocenters. The Morgan fingerprint density at radius 3 is 2.67 bits per heavy atom. The number of hydrogen-bond acceptors (Lipinski definition) is 4. The van der Waals surface area contributed by atoms with Crippen LogP contribution in [0.2, 0.25) is 0 Å². The number of nitrogens with one attached hydrogen (secondary N) is 1. The summed E-state index contributed by atoms with van der Waals surface area (Å²) in [5.41, 5.74) is 0.840. The van der Waals surface area contributed by atoms with Crippen LogP contribution < -0.4 is 4.72 Å². The standard InChI is InChI=1S/C16H22N2O5S/c1-3-17-24(22,23)12-8-7-11(2)13(10-12)15(19)18-9-5-4-6-14(18)16(20)21/h7-8,10,14,17H,3-6,9H2,1-2H3,(H,20,21). The fourth-order valence-corrected chi connectivity index (χ4v) is 3.93. The SMILES string of the molecule is CCNS(=O)(=O)c1ccc(C)c(C(=O)N2CCCCC2C(=O)O)c1. The molecule has 0 aromatic heterocycles. The van der Waals surface area contributed by atoms with Crippen molar-refractivity contribution in [2.45, 2.75) is 44.0 Å². The minimum absolute atomic E-state index is 0.00202. The van der Waals surface area contributed by atoms with Crippen LogP contribution >= 0.6 is 0 Å². The molecule has 1 fully saturated rings. The summed E-state index contributed by atoms with van der Waals surface area (Å²) >= 11 is 0. The van der Waals surface area contributed by atoms with Crippen molar-refractivity contribution < 1.29 is 23.1 Å². The van der Waals surface area contributed by atoms with Crippen molar-refractivity contribution in [2.24, 2.45) is 0 Å². The van der Waals surface area contributed by atoms with Gasteiger partial charge in [-0.15, -0.1) is 0 Å². The Kier molecular flexibility index (Phi) is 5.61. The van der Waals surface area contributed by atoms with E-state index in [2.05, 4.69) is 4.72 Å². The molecule has 0 spiro atoms. The lowest BCUT2D eigenvalue weighted by atomic mass is 9.99. The second-order valence-electron chi connectivity index (χ2n) is 5.83. The lowest BCUT2D eigenvalue weighted by Gasteiger charge is -2.33. The maximum Gasteiger partial charge on any atom is 0.326 e. The summed E-state index contributed by atoms with van der Waals surface area (Å²) in [6.07, 6.45) is 1.91. The first-order valence-corrected chi connectivity index (χ1v) is 9.40. The Morgan fingerprint density at radius 2 is 2.04 bits per heavy atom. The van der Waals surface area contributed by atoms with Gasteiger partial charge in [0.2, 0.25) is 10.0 Å². The third-order valence-electron chi connectivity index (χ3n) is 4.13. The number of aliphatic carboxylic acids is 1. The highest BCUT2D eigenvalue weighted by Crippen LogP contribution is 2.23. The molecule has 0 aliphatic carbocycles. The van der Waals surface area contributed by atoms with Gasteiger partial charge in [0.05, 0.1) is 4.90 Å². The van der Waals surface area contributed by atoms with Gasteiger partial charge in [-0.2, -0.15) is 0 Å². The van der Waals surface area contributed by atoms with E-state index in [4.69, 9.17) is 0 Å². The van der Waals surface area contributed by atoms with Crippen LogP contribution in [0, 0.1) is 6.92 Å². The largest absolute Gasteiger partial charge is 0.480 e. The number of likely N-dealkylation sites (tertiary alicyclic amines) is 1. The van der Waals surface area contributed by atoms with Crippen molar-refractivity contribution >= 4 is 21.9 Å². The number of aryl methyl sites for hydroxylation is 1. The van der Waals surface area contributed by atoms with E-state index >= 15 is 0 Å². The predicted molar refractivity (Wildman–Crippen MR) is 88.4 cm³/mol. The summed E-state index contributed by atoms with van der Waals surface area (Å²) in [6, 6.07) is 3.47. The molecular formula is C16H22N2O5S. The van der Waals surface area contributed by atoms with E-state index in [1.165, 1.54) is 17.0 Å². The van der Waals surface area contributed by atoms with E-state index in [0.29, 0.717) is 18.5 Å². The van der Waals surface area contributed by atoms with Gasteiger partial charge in [-0.25, -0.2) is 17.9 Å². The maximum absolute atomic E-state index is 12.8. The van der Waals surface area contributed by atoms with Crippen LogP contribution in [-0.4, -0.2) is 49.4 Å². The zero-order valence-corrected chi connectivity index (χ0v) is 14.6. The highest BCUT2D eigenvalue weighted by molar-refractivity contribution is 7.89. The summed E-state index contributed by atoms with van der Waals surface area (Å²) in [6.45, 7) is 3.98.